The van der Waals surface area contributed by atoms with Gasteiger partial charge in [-0.3, -0.25) is 14.9 Å². The van der Waals surface area contributed by atoms with Crippen LogP contribution in [-0.4, -0.2) is 23.5 Å². The monoisotopic (exact) mass is 359 g/mol. The van der Waals surface area contributed by atoms with E-state index in [1.54, 1.807) is 41.7 Å². The molecule has 124 valence electrons. The Bertz CT molecular complexity index is 755. The van der Waals surface area contributed by atoms with Crippen molar-refractivity contribution in [1.29, 1.82) is 0 Å². The topological polar surface area (TPSA) is 70.2 Å². The molecule has 0 atom stereocenters. The molecule has 7 heteroatoms. The molecule has 1 heterocycles. The molecule has 0 spiro atoms. The van der Waals surface area contributed by atoms with Crippen molar-refractivity contribution in [2.75, 3.05) is 11.9 Å². The van der Waals surface area contributed by atoms with Gasteiger partial charge in [-0.15, -0.1) is 11.3 Å². The van der Waals surface area contributed by atoms with Crippen molar-refractivity contribution in [2.45, 2.75) is 6.92 Å². The summed E-state index contributed by atoms with van der Waals surface area (Å²) in [6, 6.07) is 10.7. The number of amides is 2. The Hall–Kier alpha value is -2.51. The summed E-state index contributed by atoms with van der Waals surface area (Å²) >= 11 is 6.65. The van der Waals surface area contributed by atoms with Crippen molar-refractivity contribution >= 4 is 52.2 Å². The van der Waals surface area contributed by atoms with Gasteiger partial charge < -0.3 is 10.6 Å². The minimum atomic E-state index is -0.319. The molecular formula is C17H17N3O2S2. The van der Waals surface area contributed by atoms with Crippen LogP contribution in [0.5, 0.6) is 0 Å². The SMILES string of the molecule is CCNC(=O)c1cccc(NC(=S)NC(=O)/C=C/c2cccs2)c1. The summed E-state index contributed by atoms with van der Waals surface area (Å²) < 4.78 is 0. The lowest BCUT2D eigenvalue weighted by Crippen LogP contribution is -2.32. The van der Waals surface area contributed by atoms with Crippen LogP contribution in [0.25, 0.3) is 6.08 Å². The maximum absolute atomic E-state index is 11.8. The molecule has 0 unspecified atom stereocenters. The van der Waals surface area contributed by atoms with Gasteiger partial charge >= 0.3 is 0 Å². The van der Waals surface area contributed by atoms with E-state index in [4.69, 9.17) is 12.2 Å². The molecule has 5 nitrogen and oxygen atoms in total. The number of thiocarbonyl (C=S) groups is 1. The Morgan fingerprint density at radius 1 is 1.25 bits per heavy atom. The van der Waals surface area contributed by atoms with Crippen LogP contribution in [0.1, 0.15) is 22.2 Å². The largest absolute Gasteiger partial charge is 0.352 e. The fourth-order valence-corrected chi connectivity index (χ4v) is 2.70. The molecule has 0 fully saturated rings. The molecule has 0 aliphatic heterocycles. The van der Waals surface area contributed by atoms with Crippen molar-refractivity contribution in [3.8, 4) is 0 Å². The molecular weight excluding hydrogens is 342 g/mol. The minimum absolute atomic E-state index is 0.157. The number of nitrogens with one attached hydrogen (secondary N) is 3. The molecule has 0 aliphatic rings. The highest BCUT2D eigenvalue weighted by Crippen LogP contribution is 2.11. The lowest BCUT2D eigenvalue weighted by atomic mass is 10.2. The second-order valence-electron chi connectivity index (χ2n) is 4.73. The number of carbonyl (C=O) groups excluding carboxylic acids is 2. The van der Waals surface area contributed by atoms with Crippen LogP contribution in [0, 0.1) is 0 Å². The number of anilines is 1. The van der Waals surface area contributed by atoms with Crippen molar-refractivity contribution in [3.63, 3.8) is 0 Å². The van der Waals surface area contributed by atoms with E-state index in [0.29, 0.717) is 17.8 Å². The normalized spacial score (nSPS) is 10.4. The van der Waals surface area contributed by atoms with E-state index in [2.05, 4.69) is 16.0 Å². The average molecular weight is 359 g/mol. The number of carbonyl (C=O) groups is 2. The Morgan fingerprint density at radius 2 is 2.08 bits per heavy atom. The van der Waals surface area contributed by atoms with E-state index >= 15 is 0 Å². The summed E-state index contributed by atoms with van der Waals surface area (Å²) in [6.07, 6.45) is 3.14. The Balaban J connectivity index is 1.91. The van der Waals surface area contributed by atoms with Crippen LogP contribution < -0.4 is 16.0 Å². The number of benzene rings is 1. The van der Waals surface area contributed by atoms with E-state index in [9.17, 15) is 9.59 Å². The molecule has 1 aromatic carbocycles. The Kier molecular flexibility index (Phi) is 6.65. The van der Waals surface area contributed by atoms with Gasteiger partial charge in [-0.05, 0) is 54.9 Å². The molecule has 0 radical (unpaired) electrons. The van der Waals surface area contributed by atoms with Gasteiger partial charge in [0.25, 0.3) is 5.91 Å². The summed E-state index contributed by atoms with van der Waals surface area (Å²) in [5.41, 5.74) is 1.15. The highest BCUT2D eigenvalue weighted by Gasteiger charge is 2.06. The molecule has 2 rings (SSSR count). The molecule has 0 aliphatic carbocycles. The van der Waals surface area contributed by atoms with Crippen molar-refractivity contribution in [1.82, 2.24) is 10.6 Å². The maximum atomic E-state index is 11.8. The quantitative estimate of drug-likeness (QED) is 0.567. The van der Waals surface area contributed by atoms with Crippen molar-refractivity contribution in [3.05, 3.63) is 58.3 Å². The lowest BCUT2D eigenvalue weighted by molar-refractivity contribution is -0.115. The van der Waals surface area contributed by atoms with E-state index in [-0.39, 0.29) is 16.9 Å². The smallest absolute Gasteiger partial charge is 0.251 e. The minimum Gasteiger partial charge on any atom is -0.352 e. The fourth-order valence-electron chi connectivity index (χ4n) is 1.86. The average Bonchev–Trinajstić information content (AvgIpc) is 3.07. The highest BCUT2D eigenvalue weighted by atomic mass is 32.1. The number of rotatable bonds is 5. The van der Waals surface area contributed by atoms with E-state index < -0.39 is 0 Å². The lowest BCUT2D eigenvalue weighted by Gasteiger charge is -2.09. The van der Waals surface area contributed by atoms with Gasteiger partial charge in [0.15, 0.2) is 5.11 Å². The summed E-state index contributed by atoms with van der Waals surface area (Å²) in [5, 5.41) is 10.3. The molecule has 2 amide bonds. The summed E-state index contributed by atoms with van der Waals surface area (Å²) in [7, 11) is 0. The van der Waals surface area contributed by atoms with E-state index in [1.807, 2.05) is 24.4 Å². The van der Waals surface area contributed by atoms with Gasteiger partial charge in [-0.25, -0.2) is 0 Å². The standard InChI is InChI=1S/C17H17N3O2S2/c1-2-18-16(22)12-5-3-6-13(11-12)19-17(23)20-15(21)9-8-14-7-4-10-24-14/h3-11H,2H2,1H3,(H,18,22)(H2,19,20,21,23)/b9-8+. The zero-order chi connectivity index (χ0) is 17.4. The van der Waals surface area contributed by atoms with Crippen LogP contribution in [0.3, 0.4) is 0 Å². The first-order chi connectivity index (χ1) is 11.6. The predicted molar refractivity (Wildman–Crippen MR) is 102 cm³/mol. The third kappa shape index (κ3) is 5.60. The van der Waals surface area contributed by atoms with E-state index in [0.717, 1.165) is 4.88 Å². The zero-order valence-corrected chi connectivity index (χ0v) is 14.7. The molecule has 2 aromatic rings. The van der Waals surface area contributed by atoms with Gasteiger partial charge in [0.05, 0.1) is 0 Å². The van der Waals surface area contributed by atoms with Crippen molar-refractivity contribution in [2.24, 2.45) is 0 Å². The van der Waals surface area contributed by atoms with Gasteiger partial charge in [0.2, 0.25) is 5.91 Å². The second kappa shape index (κ2) is 8.95. The Morgan fingerprint density at radius 3 is 2.79 bits per heavy atom. The summed E-state index contributed by atoms with van der Waals surface area (Å²) in [5.74, 6) is -0.476. The predicted octanol–water partition coefficient (Wildman–Crippen LogP) is 3.02. The van der Waals surface area contributed by atoms with Crippen LogP contribution in [0.15, 0.2) is 47.9 Å². The third-order valence-corrected chi connectivity index (χ3v) is 3.94. The van der Waals surface area contributed by atoms with Gasteiger partial charge in [-0.2, -0.15) is 0 Å². The third-order valence-electron chi connectivity index (χ3n) is 2.90. The summed E-state index contributed by atoms with van der Waals surface area (Å²) in [6.45, 7) is 2.41. The fraction of sp³-hybridized carbons (Fsp3) is 0.118. The van der Waals surface area contributed by atoms with Crippen LogP contribution >= 0.6 is 23.6 Å². The van der Waals surface area contributed by atoms with Crippen LogP contribution in [0.2, 0.25) is 0 Å². The Labute approximate surface area is 149 Å². The molecule has 0 saturated carbocycles. The first-order valence-electron chi connectivity index (χ1n) is 7.30. The molecule has 24 heavy (non-hydrogen) atoms. The van der Waals surface area contributed by atoms with Crippen molar-refractivity contribution < 1.29 is 9.59 Å². The molecule has 0 saturated heterocycles. The summed E-state index contributed by atoms with van der Waals surface area (Å²) in [4.78, 5) is 24.6. The number of thiophene rings is 1. The van der Waals surface area contributed by atoms with E-state index in [1.165, 1.54) is 6.08 Å². The zero-order valence-electron chi connectivity index (χ0n) is 13.0. The number of hydrogen-bond donors (Lipinski definition) is 3. The van der Waals surface area contributed by atoms with Gasteiger partial charge in [0.1, 0.15) is 0 Å². The molecule has 3 N–H and O–H groups in total. The van der Waals surface area contributed by atoms with Gasteiger partial charge in [-0.1, -0.05) is 12.1 Å². The highest BCUT2D eigenvalue weighted by molar-refractivity contribution is 7.80. The number of hydrogen-bond acceptors (Lipinski definition) is 4. The first kappa shape index (κ1) is 17.8. The second-order valence-corrected chi connectivity index (χ2v) is 6.12. The van der Waals surface area contributed by atoms with Gasteiger partial charge in [0, 0.05) is 28.7 Å². The maximum Gasteiger partial charge on any atom is 0.251 e. The molecule has 0 bridgehead atoms. The molecule has 1 aromatic heterocycles. The van der Waals surface area contributed by atoms with Crippen LogP contribution in [0.4, 0.5) is 5.69 Å². The van der Waals surface area contributed by atoms with Crippen LogP contribution in [-0.2, 0) is 4.79 Å². The first-order valence-corrected chi connectivity index (χ1v) is 8.59.